The van der Waals surface area contributed by atoms with Crippen LogP contribution in [0.25, 0.3) is 0 Å². The average Bonchev–Trinajstić information content (AvgIpc) is 2.86. The van der Waals surface area contributed by atoms with E-state index in [1.807, 2.05) is 4.90 Å². The molecule has 1 spiro atoms. The Bertz CT molecular complexity index is 442. The van der Waals surface area contributed by atoms with Crippen LogP contribution in [-0.2, 0) is 0 Å². The predicted octanol–water partition coefficient (Wildman–Crippen LogP) is 2.44. The lowest BCUT2D eigenvalue weighted by Gasteiger charge is -2.38. The van der Waals surface area contributed by atoms with Gasteiger partial charge in [-0.05, 0) is 44.7 Å². The van der Waals surface area contributed by atoms with Gasteiger partial charge < -0.3 is 15.1 Å². The van der Waals surface area contributed by atoms with Crippen molar-refractivity contribution in [2.75, 3.05) is 39.8 Å². The highest BCUT2D eigenvalue weighted by atomic mass is 16.2. The Morgan fingerprint density at radius 2 is 2.09 bits per heavy atom. The number of piperidine rings is 1. The summed E-state index contributed by atoms with van der Waals surface area (Å²) in [7, 11) is 2.18. The van der Waals surface area contributed by atoms with E-state index in [0.717, 1.165) is 32.5 Å². The van der Waals surface area contributed by atoms with Crippen LogP contribution in [0.15, 0.2) is 0 Å². The third-order valence-corrected chi connectivity index (χ3v) is 5.21. The Balaban J connectivity index is 1.81. The number of nitrogens with zero attached hydrogens (tertiary/aromatic N) is 3. The number of likely N-dealkylation sites (tertiary alicyclic amines) is 2. The van der Waals surface area contributed by atoms with Gasteiger partial charge in [0.25, 0.3) is 0 Å². The summed E-state index contributed by atoms with van der Waals surface area (Å²) in [5, 5.41) is 11.8. The molecule has 124 valence electrons. The Kier molecular flexibility index (Phi) is 5.33. The summed E-state index contributed by atoms with van der Waals surface area (Å²) in [6.07, 6.45) is 4.98. The van der Waals surface area contributed by atoms with Crippen molar-refractivity contribution in [2.24, 2.45) is 10.8 Å². The molecule has 0 radical (unpaired) electrons. The Labute approximate surface area is 134 Å². The van der Waals surface area contributed by atoms with E-state index < -0.39 is 0 Å². The summed E-state index contributed by atoms with van der Waals surface area (Å²) < 4.78 is 0. The van der Waals surface area contributed by atoms with Gasteiger partial charge in [-0.25, -0.2) is 4.79 Å². The standard InChI is InChI=1S/C17H30N4O/c1-16(2,6-4-9-18)12-19-15(22)21-11-8-17(14-21)7-5-10-20(3)13-17/h4-8,10-14H2,1-3H3,(H,19,22). The van der Waals surface area contributed by atoms with Gasteiger partial charge in [0.05, 0.1) is 6.07 Å². The molecule has 2 aliphatic heterocycles. The number of carbonyl (C=O) groups is 1. The molecule has 5 nitrogen and oxygen atoms in total. The summed E-state index contributed by atoms with van der Waals surface area (Å²) in [6.45, 7) is 8.90. The molecule has 0 aliphatic carbocycles. The zero-order valence-corrected chi connectivity index (χ0v) is 14.3. The summed E-state index contributed by atoms with van der Waals surface area (Å²) in [6, 6.07) is 2.25. The maximum atomic E-state index is 12.4. The summed E-state index contributed by atoms with van der Waals surface area (Å²) in [5.74, 6) is 0. The van der Waals surface area contributed by atoms with Gasteiger partial charge in [0.2, 0.25) is 0 Å². The monoisotopic (exact) mass is 306 g/mol. The first-order chi connectivity index (χ1) is 10.4. The fraction of sp³-hybridized carbons (Fsp3) is 0.882. The fourth-order valence-corrected chi connectivity index (χ4v) is 3.81. The molecule has 0 saturated carbocycles. The molecule has 22 heavy (non-hydrogen) atoms. The predicted molar refractivity (Wildman–Crippen MR) is 87.4 cm³/mol. The molecule has 1 unspecified atom stereocenters. The van der Waals surface area contributed by atoms with Crippen molar-refractivity contribution in [3.63, 3.8) is 0 Å². The third-order valence-electron chi connectivity index (χ3n) is 5.21. The molecule has 2 saturated heterocycles. The van der Waals surface area contributed by atoms with Crippen LogP contribution in [0.3, 0.4) is 0 Å². The highest BCUT2D eigenvalue weighted by molar-refractivity contribution is 5.74. The van der Waals surface area contributed by atoms with Gasteiger partial charge >= 0.3 is 6.03 Å². The summed E-state index contributed by atoms with van der Waals surface area (Å²) >= 11 is 0. The Morgan fingerprint density at radius 1 is 1.32 bits per heavy atom. The molecule has 5 heteroatoms. The van der Waals surface area contributed by atoms with Gasteiger partial charge in [-0.2, -0.15) is 5.26 Å². The summed E-state index contributed by atoms with van der Waals surface area (Å²) in [5.41, 5.74) is 0.300. The molecular weight excluding hydrogens is 276 g/mol. The first kappa shape index (κ1) is 17.1. The Hall–Kier alpha value is -1.28. The lowest BCUT2D eigenvalue weighted by Crippen LogP contribution is -2.46. The van der Waals surface area contributed by atoms with Crippen LogP contribution in [0.4, 0.5) is 4.79 Å². The second-order valence-electron chi connectivity index (χ2n) is 7.99. The van der Waals surface area contributed by atoms with Gasteiger partial charge in [0.1, 0.15) is 0 Å². The number of nitriles is 1. The van der Waals surface area contributed by atoms with Crippen molar-refractivity contribution in [1.82, 2.24) is 15.1 Å². The van der Waals surface area contributed by atoms with Crippen LogP contribution in [0, 0.1) is 22.2 Å². The van der Waals surface area contributed by atoms with E-state index in [0.29, 0.717) is 18.4 Å². The first-order valence-electron chi connectivity index (χ1n) is 8.44. The number of hydrogen-bond acceptors (Lipinski definition) is 3. The fourth-order valence-electron chi connectivity index (χ4n) is 3.81. The number of carbonyl (C=O) groups excluding carboxylic acids is 1. The van der Waals surface area contributed by atoms with Gasteiger partial charge in [0.15, 0.2) is 0 Å². The molecule has 0 bridgehead atoms. The highest BCUT2D eigenvalue weighted by Gasteiger charge is 2.42. The van der Waals surface area contributed by atoms with Crippen LogP contribution < -0.4 is 5.32 Å². The molecule has 2 amide bonds. The SMILES string of the molecule is CN1CCCC2(CCN(C(=O)NCC(C)(C)CCC#N)C2)C1. The zero-order valence-electron chi connectivity index (χ0n) is 14.3. The number of nitrogens with one attached hydrogen (secondary N) is 1. The molecule has 2 aliphatic rings. The molecule has 2 fully saturated rings. The van der Waals surface area contributed by atoms with Gasteiger partial charge in [-0.15, -0.1) is 0 Å². The van der Waals surface area contributed by atoms with Gasteiger partial charge in [0, 0.05) is 38.0 Å². The maximum Gasteiger partial charge on any atom is 0.317 e. The smallest absolute Gasteiger partial charge is 0.317 e. The summed E-state index contributed by atoms with van der Waals surface area (Å²) in [4.78, 5) is 16.8. The van der Waals surface area contributed by atoms with E-state index in [9.17, 15) is 4.79 Å². The van der Waals surface area contributed by atoms with E-state index in [1.54, 1.807) is 0 Å². The van der Waals surface area contributed by atoms with Crippen molar-refractivity contribution in [1.29, 1.82) is 5.26 Å². The molecule has 0 aromatic heterocycles. The van der Waals surface area contributed by atoms with Crippen LogP contribution in [0.2, 0.25) is 0 Å². The van der Waals surface area contributed by atoms with Crippen molar-refractivity contribution in [3.8, 4) is 6.07 Å². The minimum absolute atomic E-state index is 0.0200. The minimum Gasteiger partial charge on any atom is -0.337 e. The largest absolute Gasteiger partial charge is 0.337 e. The number of rotatable bonds is 4. The van der Waals surface area contributed by atoms with Crippen LogP contribution >= 0.6 is 0 Å². The third kappa shape index (κ3) is 4.36. The number of urea groups is 1. The van der Waals surface area contributed by atoms with E-state index in [-0.39, 0.29) is 11.4 Å². The number of hydrogen-bond donors (Lipinski definition) is 1. The van der Waals surface area contributed by atoms with Crippen molar-refractivity contribution >= 4 is 6.03 Å². The highest BCUT2D eigenvalue weighted by Crippen LogP contribution is 2.38. The molecule has 0 aromatic carbocycles. The van der Waals surface area contributed by atoms with Crippen molar-refractivity contribution in [3.05, 3.63) is 0 Å². The zero-order chi connectivity index (χ0) is 16.2. The van der Waals surface area contributed by atoms with E-state index in [4.69, 9.17) is 5.26 Å². The molecule has 2 heterocycles. The van der Waals surface area contributed by atoms with Crippen LogP contribution in [0.1, 0.15) is 46.0 Å². The number of amides is 2. The van der Waals surface area contributed by atoms with Crippen molar-refractivity contribution < 1.29 is 4.79 Å². The molecular formula is C17H30N4O. The second kappa shape index (κ2) is 6.87. The maximum absolute atomic E-state index is 12.4. The quantitative estimate of drug-likeness (QED) is 0.868. The second-order valence-corrected chi connectivity index (χ2v) is 7.99. The lowest BCUT2D eigenvalue weighted by atomic mass is 9.79. The normalized spacial score (nSPS) is 26.2. The molecule has 0 aromatic rings. The first-order valence-corrected chi connectivity index (χ1v) is 8.44. The van der Waals surface area contributed by atoms with Crippen LogP contribution in [-0.4, -0.2) is 55.6 Å². The van der Waals surface area contributed by atoms with E-state index in [1.165, 1.54) is 19.4 Å². The Morgan fingerprint density at radius 3 is 2.77 bits per heavy atom. The van der Waals surface area contributed by atoms with Crippen LogP contribution in [0.5, 0.6) is 0 Å². The van der Waals surface area contributed by atoms with E-state index in [2.05, 4.69) is 37.2 Å². The molecule has 1 N–H and O–H groups in total. The van der Waals surface area contributed by atoms with Gasteiger partial charge in [-0.1, -0.05) is 13.8 Å². The van der Waals surface area contributed by atoms with E-state index >= 15 is 0 Å². The minimum atomic E-state index is -0.0200. The van der Waals surface area contributed by atoms with Gasteiger partial charge in [-0.3, -0.25) is 0 Å². The van der Waals surface area contributed by atoms with Crippen molar-refractivity contribution in [2.45, 2.75) is 46.0 Å². The molecule has 1 atom stereocenters. The lowest BCUT2D eigenvalue weighted by molar-refractivity contribution is 0.115. The average molecular weight is 306 g/mol. The topological polar surface area (TPSA) is 59.4 Å². The molecule has 2 rings (SSSR count).